The first-order valence-corrected chi connectivity index (χ1v) is 7.54. The van der Waals surface area contributed by atoms with Gasteiger partial charge in [0, 0.05) is 6.04 Å². The van der Waals surface area contributed by atoms with Gasteiger partial charge >= 0.3 is 5.97 Å². The van der Waals surface area contributed by atoms with E-state index >= 15 is 0 Å². The number of carbonyl (C=O) groups is 1. The SMILES string of the molecule is COC(=O)CC1(C(C)N)CCCC(C(C)(C)C)CC1. The molecule has 2 N–H and O–H groups in total. The molecule has 0 bridgehead atoms. The first-order valence-electron chi connectivity index (χ1n) is 7.54. The minimum absolute atomic E-state index is 0.0466. The van der Waals surface area contributed by atoms with E-state index in [1.807, 2.05) is 6.92 Å². The average Bonchev–Trinajstić information content (AvgIpc) is 2.51. The van der Waals surface area contributed by atoms with Crippen LogP contribution in [0, 0.1) is 16.7 Å². The quantitative estimate of drug-likeness (QED) is 0.630. The lowest BCUT2D eigenvalue weighted by molar-refractivity contribution is -0.144. The van der Waals surface area contributed by atoms with Crippen LogP contribution < -0.4 is 5.73 Å². The predicted octanol–water partition coefficient (Wildman–Crippen LogP) is 3.51. The van der Waals surface area contributed by atoms with Gasteiger partial charge in [0.05, 0.1) is 13.5 Å². The zero-order valence-electron chi connectivity index (χ0n) is 13.3. The van der Waals surface area contributed by atoms with E-state index in [1.165, 1.54) is 26.4 Å². The number of methoxy groups -OCH3 is 1. The van der Waals surface area contributed by atoms with Crippen LogP contribution in [0.15, 0.2) is 0 Å². The third-order valence-corrected chi connectivity index (χ3v) is 5.13. The second-order valence-electron chi connectivity index (χ2n) is 7.40. The second kappa shape index (κ2) is 6.25. The van der Waals surface area contributed by atoms with Gasteiger partial charge < -0.3 is 10.5 Å². The van der Waals surface area contributed by atoms with Gasteiger partial charge in [0.25, 0.3) is 0 Å². The smallest absolute Gasteiger partial charge is 0.306 e. The van der Waals surface area contributed by atoms with Crippen molar-refractivity contribution in [3.63, 3.8) is 0 Å². The van der Waals surface area contributed by atoms with Gasteiger partial charge in [-0.1, -0.05) is 27.2 Å². The minimum Gasteiger partial charge on any atom is -0.469 e. The van der Waals surface area contributed by atoms with E-state index in [0.29, 0.717) is 11.8 Å². The normalized spacial score (nSPS) is 30.5. The second-order valence-corrected chi connectivity index (χ2v) is 7.40. The summed E-state index contributed by atoms with van der Waals surface area (Å²) < 4.78 is 4.87. The molecule has 1 aliphatic rings. The number of nitrogens with two attached hydrogens (primary N) is 1. The van der Waals surface area contributed by atoms with Gasteiger partial charge in [-0.15, -0.1) is 0 Å². The van der Waals surface area contributed by atoms with E-state index in [4.69, 9.17) is 10.5 Å². The third-order valence-electron chi connectivity index (χ3n) is 5.13. The Balaban J connectivity index is 2.81. The molecule has 3 nitrogen and oxygen atoms in total. The predicted molar refractivity (Wildman–Crippen MR) is 78.7 cm³/mol. The summed E-state index contributed by atoms with van der Waals surface area (Å²) in [5.74, 6) is 0.609. The van der Waals surface area contributed by atoms with Crippen LogP contribution in [0.5, 0.6) is 0 Å². The molecule has 3 atom stereocenters. The van der Waals surface area contributed by atoms with Crippen LogP contribution in [0.4, 0.5) is 0 Å². The molecule has 1 fully saturated rings. The lowest BCUT2D eigenvalue weighted by Gasteiger charge is -2.36. The van der Waals surface area contributed by atoms with E-state index in [1.54, 1.807) is 0 Å². The fraction of sp³-hybridized carbons (Fsp3) is 0.938. The first kappa shape index (κ1) is 16.5. The average molecular weight is 269 g/mol. The minimum atomic E-state index is -0.119. The molecule has 0 spiro atoms. The number of carbonyl (C=O) groups excluding carboxylic acids is 1. The summed E-state index contributed by atoms with van der Waals surface area (Å²) in [4.78, 5) is 11.7. The zero-order valence-corrected chi connectivity index (χ0v) is 13.3. The van der Waals surface area contributed by atoms with Crippen molar-refractivity contribution in [2.24, 2.45) is 22.5 Å². The van der Waals surface area contributed by atoms with Crippen LogP contribution in [0.1, 0.15) is 66.2 Å². The van der Waals surface area contributed by atoms with Crippen LogP contribution in [0.2, 0.25) is 0 Å². The van der Waals surface area contributed by atoms with Crippen LogP contribution >= 0.6 is 0 Å². The van der Waals surface area contributed by atoms with E-state index in [0.717, 1.165) is 18.8 Å². The maximum Gasteiger partial charge on any atom is 0.306 e. The van der Waals surface area contributed by atoms with E-state index in [2.05, 4.69) is 20.8 Å². The van der Waals surface area contributed by atoms with E-state index in [9.17, 15) is 4.79 Å². The lowest BCUT2D eigenvalue weighted by Crippen LogP contribution is -2.41. The summed E-state index contributed by atoms with van der Waals surface area (Å²) in [6.07, 6.45) is 6.15. The molecule has 3 heteroatoms. The van der Waals surface area contributed by atoms with Gasteiger partial charge in [-0.2, -0.15) is 0 Å². The van der Waals surface area contributed by atoms with Crippen LogP contribution in [-0.4, -0.2) is 19.1 Å². The largest absolute Gasteiger partial charge is 0.469 e. The molecule has 3 unspecified atom stereocenters. The summed E-state index contributed by atoms with van der Waals surface area (Å²) in [7, 11) is 1.46. The molecule has 1 aliphatic carbocycles. The van der Waals surface area contributed by atoms with Crippen molar-refractivity contribution >= 4 is 5.97 Å². The molecule has 1 saturated carbocycles. The molecule has 0 aromatic rings. The van der Waals surface area contributed by atoms with Gasteiger partial charge in [-0.05, 0) is 49.4 Å². The molecule has 0 radical (unpaired) electrons. The van der Waals surface area contributed by atoms with Crippen LogP contribution in [0.3, 0.4) is 0 Å². The Hall–Kier alpha value is -0.570. The molecule has 112 valence electrons. The maximum absolute atomic E-state index is 11.7. The third kappa shape index (κ3) is 4.20. The van der Waals surface area contributed by atoms with Gasteiger partial charge in [-0.3, -0.25) is 4.79 Å². The van der Waals surface area contributed by atoms with Crippen molar-refractivity contribution < 1.29 is 9.53 Å². The molecule has 1 rings (SSSR count). The van der Waals surface area contributed by atoms with Crippen molar-refractivity contribution in [1.29, 1.82) is 0 Å². The summed E-state index contributed by atoms with van der Waals surface area (Å²) >= 11 is 0. The van der Waals surface area contributed by atoms with Gasteiger partial charge in [0.15, 0.2) is 0 Å². The highest BCUT2D eigenvalue weighted by molar-refractivity contribution is 5.70. The number of ether oxygens (including phenoxy) is 1. The van der Waals surface area contributed by atoms with Crippen LogP contribution in [-0.2, 0) is 9.53 Å². The van der Waals surface area contributed by atoms with Gasteiger partial charge in [0.2, 0.25) is 0 Å². The summed E-state index contributed by atoms with van der Waals surface area (Å²) in [6, 6.07) is 0.0466. The molecular weight excluding hydrogens is 238 g/mol. The molecule has 0 aromatic heterocycles. The highest BCUT2D eigenvalue weighted by atomic mass is 16.5. The van der Waals surface area contributed by atoms with Crippen LogP contribution in [0.25, 0.3) is 0 Å². The monoisotopic (exact) mass is 269 g/mol. The lowest BCUT2D eigenvalue weighted by atomic mass is 9.71. The Labute approximate surface area is 118 Å². The van der Waals surface area contributed by atoms with Crippen molar-refractivity contribution in [3.05, 3.63) is 0 Å². The summed E-state index contributed by atoms with van der Waals surface area (Å²) in [5, 5.41) is 0. The fourth-order valence-corrected chi connectivity index (χ4v) is 3.45. The molecule has 19 heavy (non-hydrogen) atoms. The molecule has 0 amide bonds. The Morgan fingerprint density at radius 3 is 2.47 bits per heavy atom. The Kier molecular flexibility index (Phi) is 5.43. The number of esters is 1. The maximum atomic E-state index is 11.7. The Bertz CT molecular complexity index is 306. The van der Waals surface area contributed by atoms with Crippen molar-refractivity contribution in [1.82, 2.24) is 0 Å². The van der Waals surface area contributed by atoms with E-state index < -0.39 is 0 Å². The standard InChI is InChI=1S/C16H31NO2/c1-12(17)16(11-14(18)19-5)9-6-7-13(8-10-16)15(2,3)4/h12-13H,6-11,17H2,1-5H3. The Morgan fingerprint density at radius 1 is 1.37 bits per heavy atom. The highest BCUT2D eigenvalue weighted by Crippen LogP contribution is 2.46. The Morgan fingerprint density at radius 2 is 2.00 bits per heavy atom. The molecule has 0 aliphatic heterocycles. The summed E-state index contributed by atoms with van der Waals surface area (Å²) in [5.41, 5.74) is 6.51. The van der Waals surface area contributed by atoms with E-state index in [-0.39, 0.29) is 17.4 Å². The number of rotatable bonds is 3. The zero-order chi connectivity index (χ0) is 14.7. The molecule has 0 saturated heterocycles. The van der Waals surface area contributed by atoms with Crippen molar-refractivity contribution in [3.8, 4) is 0 Å². The summed E-state index contributed by atoms with van der Waals surface area (Å²) in [6.45, 7) is 8.99. The fourth-order valence-electron chi connectivity index (χ4n) is 3.45. The molecule has 0 aromatic carbocycles. The first-order chi connectivity index (χ1) is 8.71. The van der Waals surface area contributed by atoms with Crippen molar-refractivity contribution in [2.75, 3.05) is 7.11 Å². The highest BCUT2D eigenvalue weighted by Gasteiger charge is 2.40. The topological polar surface area (TPSA) is 52.3 Å². The number of hydrogen-bond donors (Lipinski definition) is 1. The van der Waals surface area contributed by atoms with Gasteiger partial charge in [-0.25, -0.2) is 0 Å². The van der Waals surface area contributed by atoms with Gasteiger partial charge in [0.1, 0.15) is 0 Å². The number of hydrogen-bond acceptors (Lipinski definition) is 3. The molecular formula is C16H31NO2. The van der Waals surface area contributed by atoms with Crippen molar-refractivity contribution in [2.45, 2.75) is 72.3 Å². The molecule has 0 heterocycles.